The van der Waals surface area contributed by atoms with Crippen LogP contribution in [0.5, 0.6) is 0 Å². The van der Waals surface area contributed by atoms with Crippen molar-refractivity contribution in [2.75, 3.05) is 33.4 Å². The maximum atomic E-state index is 14.1. The van der Waals surface area contributed by atoms with Crippen LogP contribution in [0.3, 0.4) is 0 Å². The molecule has 2 rings (SSSR count). The van der Waals surface area contributed by atoms with Gasteiger partial charge in [0.05, 0.1) is 0 Å². The Balaban J connectivity index is 2.03. The summed E-state index contributed by atoms with van der Waals surface area (Å²) in [5, 5.41) is 3.48. The van der Waals surface area contributed by atoms with E-state index < -0.39 is 0 Å². The molecule has 1 aliphatic heterocycles. The number of benzene rings is 1. The van der Waals surface area contributed by atoms with Gasteiger partial charge < -0.3 is 15.0 Å². The Kier molecular flexibility index (Phi) is 6.61. The first kappa shape index (κ1) is 16.4. The zero-order chi connectivity index (χ0) is 15.1. The number of ether oxygens (including phenoxy) is 1. The Morgan fingerprint density at radius 2 is 2.05 bits per heavy atom. The maximum absolute atomic E-state index is 14.1. The summed E-state index contributed by atoms with van der Waals surface area (Å²) in [7, 11) is 2.14. The molecule has 0 spiro atoms. The van der Waals surface area contributed by atoms with Gasteiger partial charge in [0, 0.05) is 37.4 Å². The minimum Gasteiger partial charge on any atom is -0.381 e. The summed E-state index contributed by atoms with van der Waals surface area (Å²) in [6.45, 7) is 5.53. The molecule has 0 aliphatic carbocycles. The number of halogens is 1. The van der Waals surface area contributed by atoms with Crippen molar-refractivity contribution in [3.8, 4) is 0 Å². The summed E-state index contributed by atoms with van der Waals surface area (Å²) in [4.78, 5) is 2.35. The van der Waals surface area contributed by atoms with Gasteiger partial charge in [0.1, 0.15) is 5.82 Å². The fourth-order valence-corrected chi connectivity index (χ4v) is 2.91. The lowest BCUT2D eigenvalue weighted by Crippen LogP contribution is -2.42. The SMILES string of the molecule is CCCNC(CN(C)C1CCOCC1)c1ccccc1F. The molecule has 0 aromatic heterocycles. The molecule has 118 valence electrons. The van der Waals surface area contributed by atoms with Gasteiger partial charge in [0.15, 0.2) is 0 Å². The maximum Gasteiger partial charge on any atom is 0.128 e. The fourth-order valence-electron chi connectivity index (χ4n) is 2.91. The van der Waals surface area contributed by atoms with Crippen LogP contribution < -0.4 is 5.32 Å². The molecule has 0 saturated carbocycles. The Morgan fingerprint density at radius 1 is 1.33 bits per heavy atom. The van der Waals surface area contributed by atoms with Crippen LogP contribution in [0.2, 0.25) is 0 Å². The zero-order valence-corrected chi connectivity index (χ0v) is 13.1. The zero-order valence-electron chi connectivity index (χ0n) is 13.1. The molecule has 1 fully saturated rings. The molecule has 1 aliphatic rings. The predicted molar refractivity (Wildman–Crippen MR) is 83.9 cm³/mol. The molecule has 21 heavy (non-hydrogen) atoms. The van der Waals surface area contributed by atoms with Crippen LogP contribution in [0.15, 0.2) is 24.3 Å². The number of hydrogen-bond acceptors (Lipinski definition) is 3. The number of nitrogens with zero attached hydrogens (tertiary/aromatic N) is 1. The number of likely N-dealkylation sites (N-methyl/N-ethyl adjacent to an activating group) is 1. The van der Waals surface area contributed by atoms with E-state index in [9.17, 15) is 4.39 Å². The molecule has 0 radical (unpaired) electrons. The van der Waals surface area contributed by atoms with Crippen molar-refractivity contribution in [1.29, 1.82) is 0 Å². The topological polar surface area (TPSA) is 24.5 Å². The van der Waals surface area contributed by atoms with Crippen LogP contribution in [0.1, 0.15) is 37.8 Å². The molecule has 3 nitrogen and oxygen atoms in total. The first-order valence-electron chi connectivity index (χ1n) is 7.98. The van der Waals surface area contributed by atoms with Gasteiger partial charge in [0.25, 0.3) is 0 Å². The minimum atomic E-state index is -0.119. The predicted octanol–water partition coefficient (Wildman–Crippen LogP) is 2.98. The smallest absolute Gasteiger partial charge is 0.128 e. The van der Waals surface area contributed by atoms with Crippen LogP contribution >= 0.6 is 0 Å². The molecule has 1 aromatic carbocycles. The van der Waals surface area contributed by atoms with Crippen molar-refractivity contribution in [3.05, 3.63) is 35.6 Å². The van der Waals surface area contributed by atoms with E-state index in [0.29, 0.717) is 6.04 Å². The Bertz CT molecular complexity index is 421. The third-order valence-corrected chi connectivity index (χ3v) is 4.21. The molecule has 1 saturated heterocycles. The van der Waals surface area contributed by atoms with Gasteiger partial charge in [-0.3, -0.25) is 0 Å². The average Bonchev–Trinajstić information content (AvgIpc) is 2.53. The monoisotopic (exact) mass is 294 g/mol. The van der Waals surface area contributed by atoms with Crippen molar-refractivity contribution in [2.45, 2.75) is 38.3 Å². The van der Waals surface area contributed by atoms with E-state index >= 15 is 0 Å². The van der Waals surface area contributed by atoms with Gasteiger partial charge in [0.2, 0.25) is 0 Å². The lowest BCUT2D eigenvalue weighted by atomic mass is 10.0. The molecule has 1 N–H and O–H groups in total. The van der Waals surface area contributed by atoms with Crippen molar-refractivity contribution >= 4 is 0 Å². The summed E-state index contributed by atoms with van der Waals surface area (Å²) in [5.74, 6) is -0.119. The van der Waals surface area contributed by atoms with Crippen molar-refractivity contribution < 1.29 is 9.13 Å². The molecule has 1 aromatic rings. The first-order chi connectivity index (χ1) is 10.2. The van der Waals surface area contributed by atoms with Gasteiger partial charge in [-0.15, -0.1) is 0 Å². The summed E-state index contributed by atoms with van der Waals surface area (Å²) in [6, 6.07) is 7.67. The summed E-state index contributed by atoms with van der Waals surface area (Å²) < 4.78 is 19.5. The standard InChI is InChI=1S/C17H27FN2O/c1-3-10-19-17(15-6-4-5-7-16(15)18)13-20(2)14-8-11-21-12-9-14/h4-7,14,17,19H,3,8-13H2,1-2H3. The van der Waals surface area contributed by atoms with Crippen LogP contribution in [0.25, 0.3) is 0 Å². The van der Waals surface area contributed by atoms with E-state index in [-0.39, 0.29) is 11.9 Å². The molecular weight excluding hydrogens is 267 g/mol. The molecule has 1 unspecified atom stereocenters. The lowest BCUT2D eigenvalue weighted by molar-refractivity contribution is 0.0400. The van der Waals surface area contributed by atoms with E-state index in [1.165, 1.54) is 0 Å². The van der Waals surface area contributed by atoms with Gasteiger partial charge in [-0.25, -0.2) is 4.39 Å². The lowest BCUT2D eigenvalue weighted by Gasteiger charge is -2.34. The Hall–Kier alpha value is -0.970. The second-order valence-corrected chi connectivity index (χ2v) is 5.81. The van der Waals surface area contributed by atoms with Crippen LogP contribution in [0, 0.1) is 5.82 Å². The summed E-state index contributed by atoms with van der Waals surface area (Å²) in [5.41, 5.74) is 0.768. The van der Waals surface area contributed by atoms with E-state index in [0.717, 1.165) is 51.1 Å². The highest BCUT2D eigenvalue weighted by atomic mass is 19.1. The van der Waals surface area contributed by atoms with E-state index in [1.54, 1.807) is 12.1 Å². The molecule has 0 bridgehead atoms. The highest BCUT2D eigenvalue weighted by molar-refractivity contribution is 5.21. The molecule has 4 heteroatoms. The Morgan fingerprint density at radius 3 is 2.71 bits per heavy atom. The third kappa shape index (κ3) is 4.77. The van der Waals surface area contributed by atoms with E-state index in [4.69, 9.17) is 4.74 Å². The highest BCUT2D eigenvalue weighted by Crippen LogP contribution is 2.21. The van der Waals surface area contributed by atoms with Gasteiger partial charge in [-0.05, 0) is 38.9 Å². The molecular formula is C17H27FN2O. The summed E-state index contributed by atoms with van der Waals surface area (Å²) in [6.07, 6.45) is 3.18. The number of nitrogens with one attached hydrogen (secondary N) is 1. The third-order valence-electron chi connectivity index (χ3n) is 4.21. The van der Waals surface area contributed by atoms with E-state index in [2.05, 4.69) is 24.2 Å². The average molecular weight is 294 g/mol. The van der Waals surface area contributed by atoms with Crippen LogP contribution in [-0.2, 0) is 4.74 Å². The Labute approximate surface area is 127 Å². The van der Waals surface area contributed by atoms with E-state index in [1.807, 2.05) is 12.1 Å². The molecule has 1 heterocycles. The second kappa shape index (κ2) is 8.47. The van der Waals surface area contributed by atoms with Gasteiger partial charge in [-0.1, -0.05) is 25.1 Å². The normalized spacial score (nSPS) is 18.1. The first-order valence-corrected chi connectivity index (χ1v) is 7.98. The largest absolute Gasteiger partial charge is 0.381 e. The fraction of sp³-hybridized carbons (Fsp3) is 0.647. The van der Waals surface area contributed by atoms with Crippen molar-refractivity contribution in [1.82, 2.24) is 10.2 Å². The second-order valence-electron chi connectivity index (χ2n) is 5.81. The van der Waals surface area contributed by atoms with Crippen molar-refractivity contribution in [3.63, 3.8) is 0 Å². The summed E-state index contributed by atoms with van der Waals surface area (Å²) >= 11 is 0. The number of hydrogen-bond donors (Lipinski definition) is 1. The van der Waals surface area contributed by atoms with Crippen molar-refractivity contribution in [2.24, 2.45) is 0 Å². The molecule has 0 amide bonds. The minimum absolute atomic E-state index is 0.0407. The van der Waals surface area contributed by atoms with Gasteiger partial charge >= 0.3 is 0 Å². The van der Waals surface area contributed by atoms with Crippen LogP contribution in [0.4, 0.5) is 4.39 Å². The quantitative estimate of drug-likeness (QED) is 0.837. The van der Waals surface area contributed by atoms with Gasteiger partial charge in [-0.2, -0.15) is 0 Å². The number of rotatable bonds is 7. The molecule has 1 atom stereocenters. The van der Waals surface area contributed by atoms with Crippen LogP contribution in [-0.4, -0.2) is 44.3 Å². The highest BCUT2D eigenvalue weighted by Gasteiger charge is 2.23.